The summed E-state index contributed by atoms with van der Waals surface area (Å²) in [5, 5.41) is 8.69. The zero-order valence-corrected chi connectivity index (χ0v) is 14.2. The lowest BCUT2D eigenvalue weighted by Gasteiger charge is -2.14. The van der Waals surface area contributed by atoms with Crippen LogP contribution in [0.4, 0.5) is 5.69 Å². The van der Waals surface area contributed by atoms with Crippen LogP contribution >= 0.6 is 0 Å². The highest BCUT2D eigenvalue weighted by Crippen LogP contribution is 2.26. The Morgan fingerprint density at radius 3 is 2.40 bits per heavy atom. The molecule has 25 heavy (non-hydrogen) atoms. The van der Waals surface area contributed by atoms with E-state index in [1.54, 1.807) is 0 Å². The van der Waals surface area contributed by atoms with E-state index in [9.17, 15) is 9.59 Å². The summed E-state index contributed by atoms with van der Waals surface area (Å²) in [5.41, 5.74) is 2.56. The number of hydrazone groups is 1. The molecule has 1 unspecified atom stereocenters. The van der Waals surface area contributed by atoms with Gasteiger partial charge in [-0.15, -0.1) is 0 Å². The van der Waals surface area contributed by atoms with E-state index >= 15 is 0 Å². The molecule has 1 aliphatic rings. The molecule has 2 aromatic carbocycles. The lowest BCUT2D eigenvalue weighted by Crippen LogP contribution is -2.29. The molecule has 5 nitrogen and oxygen atoms in total. The van der Waals surface area contributed by atoms with Gasteiger partial charge in [-0.25, -0.2) is 5.01 Å². The normalized spacial score (nSPS) is 16.7. The highest BCUT2D eigenvalue weighted by molar-refractivity contribution is 6.14. The Morgan fingerprint density at radius 1 is 1.08 bits per heavy atom. The molecule has 1 heterocycles. The molecule has 2 amide bonds. The third-order valence-electron chi connectivity index (χ3n) is 4.26. The summed E-state index contributed by atoms with van der Waals surface area (Å²) < 4.78 is 0. The number of carbonyl (C=O) groups excluding carboxylic acids is 2. The van der Waals surface area contributed by atoms with E-state index in [0.29, 0.717) is 19.4 Å². The van der Waals surface area contributed by atoms with Gasteiger partial charge >= 0.3 is 0 Å². The van der Waals surface area contributed by atoms with Crippen molar-refractivity contribution in [3.63, 3.8) is 0 Å². The highest BCUT2D eigenvalue weighted by atomic mass is 16.2. The van der Waals surface area contributed by atoms with Crippen molar-refractivity contribution in [1.29, 1.82) is 0 Å². The van der Waals surface area contributed by atoms with Gasteiger partial charge < -0.3 is 5.32 Å². The van der Waals surface area contributed by atoms with Crippen molar-refractivity contribution in [3.8, 4) is 0 Å². The third-order valence-corrected chi connectivity index (χ3v) is 4.26. The van der Waals surface area contributed by atoms with E-state index in [0.717, 1.165) is 17.0 Å². The number of amides is 2. The molecule has 5 heteroatoms. The Hall–Kier alpha value is -2.95. The third kappa shape index (κ3) is 4.12. The van der Waals surface area contributed by atoms with E-state index in [1.807, 2.05) is 67.6 Å². The second-order valence-corrected chi connectivity index (χ2v) is 6.08. The molecule has 0 spiro atoms. The van der Waals surface area contributed by atoms with E-state index in [1.165, 1.54) is 5.01 Å². The summed E-state index contributed by atoms with van der Waals surface area (Å²) in [5.74, 6) is -0.454. The van der Waals surface area contributed by atoms with Gasteiger partial charge in [0.15, 0.2) is 0 Å². The minimum atomic E-state index is -0.331. The van der Waals surface area contributed by atoms with Gasteiger partial charge in [0.25, 0.3) is 5.91 Å². The Bertz CT molecular complexity index is 772. The average Bonchev–Trinajstić information content (AvgIpc) is 2.94. The van der Waals surface area contributed by atoms with E-state index in [2.05, 4.69) is 10.4 Å². The summed E-state index contributed by atoms with van der Waals surface area (Å²) in [6.45, 7) is 2.34. The van der Waals surface area contributed by atoms with Crippen molar-refractivity contribution in [1.82, 2.24) is 5.32 Å². The monoisotopic (exact) mass is 335 g/mol. The van der Waals surface area contributed by atoms with Crippen LogP contribution in [-0.4, -0.2) is 17.5 Å². The van der Waals surface area contributed by atoms with Gasteiger partial charge in [0, 0.05) is 18.7 Å². The van der Waals surface area contributed by atoms with Crippen LogP contribution < -0.4 is 10.3 Å². The lowest BCUT2D eigenvalue weighted by molar-refractivity contribution is -0.122. The molecule has 128 valence electrons. The van der Waals surface area contributed by atoms with Crippen molar-refractivity contribution < 1.29 is 9.59 Å². The molecule has 0 aromatic heterocycles. The molecule has 0 fully saturated rings. The number of rotatable bonds is 6. The van der Waals surface area contributed by atoms with Crippen LogP contribution in [0.3, 0.4) is 0 Å². The predicted molar refractivity (Wildman–Crippen MR) is 98.0 cm³/mol. The molecule has 1 N–H and O–H groups in total. The van der Waals surface area contributed by atoms with Crippen molar-refractivity contribution in [2.45, 2.75) is 26.3 Å². The number of benzene rings is 2. The summed E-state index contributed by atoms with van der Waals surface area (Å²) in [7, 11) is 0. The zero-order chi connectivity index (χ0) is 17.6. The van der Waals surface area contributed by atoms with Gasteiger partial charge in [0.2, 0.25) is 5.91 Å². The van der Waals surface area contributed by atoms with Gasteiger partial charge in [-0.3, -0.25) is 9.59 Å². The minimum absolute atomic E-state index is 0.0531. The molecule has 3 rings (SSSR count). The first-order valence-electron chi connectivity index (χ1n) is 8.40. The molecule has 1 atom stereocenters. The van der Waals surface area contributed by atoms with Crippen LogP contribution in [0.25, 0.3) is 0 Å². The van der Waals surface area contributed by atoms with Crippen LogP contribution in [0.1, 0.15) is 25.3 Å². The fourth-order valence-corrected chi connectivity index (χ4v) is 2.85. The Labute approximate surface area is 147 Å². The molecule has 2 aromatic rings. The van der Waals surface area contributed by atoms with Crippen LogP contribution in [0.15, 0.2) is 65.8 Å². The van der Waals surface area contributed by atoms with Crippen molar-refractivity contribution in [2.24, 2.45) is 11.0 Å². The highest BCUT2D eigenvalue weighted by Gasteiger charge is 2.34. The Kier molecular flexibility index (Phi) is 5.23. The topological polar surface area (TPSA) is 61.8 Å². The Balaban J connectivity index is 1.52. The van der Waals surface area contributed by atoms with Crippen LogP contribution in [0.2, 0.25) is 0 Å². The summed E-state index contributed by atoms with van der Waals surface area (Å²) in [4.78, 5) is 24.6. The smallest absolute Gasteiger partial charge is 0.256 e. The molecular formula is C20H21N3O2. The first-order chi connectivity index (χ1) is 12.1. The quantitative estimate of drug-likeness (QED) is 0.881. The first kappa shape index (κ1) is 16.9. The molecular weight excluding hydrogens is 314 g/mol. The molecule has 0 radical (unpaired) electrons. The van der Waals surface area contributed by atoms with Gasteiger partial charge in [-0.2, -0.15) is 5.10 Å². The number of hydrogen-bond donors (Lipinski definition) is 1. The van der Waals surface area contributed by atoms with E-state index in [4.69, 9.17) is 0 Å². The van der Waals surface area contributed by atoms with Crippen molar-refractivity contribution >= 4 is 23.2 Å². The molecule has 0 bridgehead atoms. The number of anilines is 1. The fourth-order valence-electron chi connectivity index (χ4n) is 2.85. The van der Waals surface area contributed by atoms with Crippen LogP contribution in [0, 0.1) is 5.92 Å². The SMILES string of the molecule is CC1=NN(c2ccccc2)C(=O)C1CCC(=O)NCc1ccccc1. The first-order valence-corrected chi connectivity index (χ1v) is 8.40. The summed E-state index contributed by atoms with van der Waals surface area (Å²) in [6.07, 6.45) is 0.775. The Morgan fingerprint density at radius 2 is 1.72 bits per heavy atom. The maximum atomic E-state index is 12.6. The fraction of sp³-hybridized carbons (Fsp3) is 0.250. The van der Waals surface area contributed by atoms with Gasteiger partial charge in [0.1, 0.15) is 0 Å². The second-order valence-electron chi connectivity index (χ2n) is 6.08. The number of carbonyl (C=O) groups is 2. The number of hydrogen-bond acceptors (Lipinski definition) is 3. The van der Waals surface area contributed by atoms with Gasteiger partial charge in [-0.05, 0) is 31.0 Å². The standard InChI is InChI=1S/C20H21N3O2/c1-15-18(20(25)23(22-15)17-10-6-3-7-11-17)12-13-19(24)21-14-16-8-4-2-5-9-16/h2-11,18H,12-14H2,1H3,(H,21,24). The van der Waals surface area contributed by atoms with Crippen LogP contribution in [0.5, 0.6) is 0 Å². The van der Waals surface area contributed by atoms with Gasteiger partial charge in [-0.1, -0.05) is 48.5 Å². The van der Waals surface area contributed by atoms with E-state index < -0.39 is 0 Å². The molecule has 0 aliphatic carbocycles. The van der Waals surface area contributed by atoms with Crippen molar-refractivity contribution in [2.75, 3.05) is 5.01 Å². The van der Waals surface area contributed by atoms with Crippen LogP contribution in [-0.2, 0) is 16.1 Å². The number of para-hydroxylation sites is 1. The molecule has 0 saturated heterocycles. The largest absolute Gasteiger partial charge is 0.352 e. The predicted octanol–water partition coefficient (Wildman–Crippen LogP) is 3.12. The summed E-state index contributed by atoms with van der Waals surface area (Å²) >= 11 is 0. The summed E-state index contributed by atoms with van der Waals surface area (Å²) in [6, 6.07) is 19.1. The minimum Gasteiger partial charge on any atom is -0.352 e. The maximum Gasteiger partial charge on any atom is 0.256 e. The van der Waals surface area contributed by atoms with Crippen molar-refractivity contribution in [3.05, 3.63) is 66.2 Å². The van der Waals surface area contributed by atoms with E-state index in [-0.39, 0.29) is 17.7 Å². The molecule has 1 aliphatic heterocycles. The number of nitrogens with one attached hydrogen (secondary N) is 1. The zero-order valence-electron chi connectivity index (χ0n) is 14.2. The average molecular weight is 335 g/mol. The second kappa shape index (κ2) is 7.75. The van der Waals surface area contributed by atoms with Gasteiger partial charge in [0.05, 0.1) is 11.6 Å². The maximum absolute atomic E-state index is 12.6. The lowest BCUT2D eigenvalue weighted by atomic mass is 9.98. The molecule has 0 saturated carbocycles. The number of nitrogens with zero attached hydrogens (tertiary/aromatic N) is 2.